The molecule has 101 heavy (non-hydrogen) atoms. The summed E-state index contributed by atoms with van der Waals surface area (Å²) in [5.41, 5.74) is 0. The van der Waals surface area contributed by atoms with Crippen molar-refractivity contribution < 1.29 is 80.2 Å². The smallest absolute Gasteiger partial charge is 0.462 e. The Labute approximate surface area is 619 Å². The molecule has 7 atom stereocenters. The largest absolute Gasteiger partial charge is 0.472 e. The second kappa shape index (κ2) is 73.6. The van der Waals surface area contributed by atoms with Gasteiger partial charge in [0.15, 0.2) is 12.2 Å². The van der Waals surface area contributed by atoms with Gasteiger partial charge >= 0.3 is 39.5 Å². The lowest BCUT2D eigenvalue weighted by Crippen LogP contribution is -2.30. The molecule has 0 aliphatic carbocycles. The number of hydrogen-bond acceptors (Lipinski definition) is 15. The number of rotatable bonds is 81. The Kier molecular flexibility index (Phi) is 72.2. The molecule has 0 heterocycles. The van der Waals surface area contributed by atoms with Gasteiger partial charge in [0.2, 0.25) is 0 Å². The number of unbranched alkanes of at least 4 members (excludes halogenated alkanes) is 49. The third kappa shape index (κ3) is 73.4. The summed E-state index contributed by atoms with van der Waals surface area (Å²) in [6, 6.07) is 0. The highest BCUT2D eigenvalue weighted by Gasteiger charge is 2.30. The van der Waals surface area contributed by atoms with E-state index in [0.717, 1.165) is 108 Å². The second-order valence-electron chi connectivity index (χ2n) is 30.0. The fourth-order valence-corrected chi connectivity index (χ4v) is 14.2. The van der Waals surface area contributed by atoms with E-state index in [4.69, 9.17) is 37.0 Å². The van der Waals surface area contributed by atoms with Crippen molar-refractivity contribution in [1.82, 2.24) is 0 Å². The van der Waals surface area contributed by atoms with E-state index in [1.165, 1.54) is 244 Å². The highest BCUT2D eigenvalue weighted by Crippen LogP contribution is 2.45. The molecule has 0 saturated heterocycles. The summed E-state index contributed by atoms with van der Waals surface area (Å²) in [6.45, 7) is 9.62. The zero-order valence-corrected chi connectivity index (χ0v) is 68.0. The summed E-state index contributed by atoms with van der Waals surface area (Å²) in [5.74, 6) is -0.575. The lowest BCUT2D eigenvalue weighted by molar-refractivity contribution is -0.161. The number of phosphoric acid groups is 2. The van der Waals surface area contributed by atoms with E-state index in [1.54, 1.807) is 0 Å². The van der Waals surface area contributed by atoms with Crippen molar-refractivity contribution in [3.63, 3.8) is 0 Å². The summed E-state index contributed by atoms with van der Waals surface area (Å²) in [6.07, 6.45) is 63.9. The van der Waals surface area contributed by atoms with Crippen molar-refractivity contribution in [1.29, 1.82) is 0 Å². The second-order valence-corrected chi connectivity index (χ2v) is 32.9. The lowest BCUT2D eigenvalue weighted by atomic mass is 9.99. The first kappa shape index (κ1) is 99.1. The minimum Gasteiger partial charge on any atom is -0.462 e. The molecule has 0 saturated carbocycles. The summed E-state index contributed by atoms with van der Waals surface area (Å²) < 4.78 is 68.8. The highest BCUT2D eigenvalue weighted by molar-refractivity contribution is 7.47. The monoisotopic (exact) mass is 1480 g/mol. The van der Waals surface area contributed by atoms with Gasteiger partial charge in [-0.1, -0.05) is 382 Å². The van der Waals surface area contributed by atoms with Crippen LogP contribution in [0.3, 0.4) is 0 Å². The molecule has 4 unspecified atom stereocenters. The van der Waals surface area contributed by atoms with Gasteiger partial charge in [-0.05, 0) is 37.5 Å². The van der Waals surface area contributed by atoms with Crippen molar-refractivity contribution >= 4 is 39.5 Å². The number of carbonyl (C=O) groups is 4. The van der Waals surface area contributed by atoms with Crippen molar-refractivity contribution in [3.05, 3.63) is 0 Å². The molecule has 0 aliphatic heterocycles. The number of aliphatic hydroxyl groups excluding tert-OH is 1. The average Bonchev–Trinajstić information content (AvgIpc) is 0.945. The fraction of sp³-hybridized carbons (Fsp3) is 0.951. The van der Waals surface area contributed by atoms with Gasteiger partial charge in [-0.2, -0.15) is 0 Å². The van der Waals surface area contributed by atoms with Crippen LogP contribution in [0.15, 0.2) is 0 Å². The minimum absolute atomic E-state index is 0.106. The van der Waals surface area contributed by atoms with Crippen molar-refractivity contribution in [3.8, 4) is 0 Å². The first-order chi connectivity index (χ1) is 48.9. The molecule has 0 aromatic carbocycles. The van der Waals surface area contributed by atoms with Gasteiger partial charge in [0.1, 0.15) is 19.3 Å². The van der Waals surface area contributed by atoms with E-state index in [-0.39, 0.29) is 25.7 Å². The molecule has 0 rings (SSSR count). The third-order valence-corrected chi connectivity index (χ3v) is 21.8. The van der Waals surface area contributed by atoms with Gasteiger partial charge in [0, 0.05) is 25.7 Å². The lowest BCUT2D eigenvalue weighted by Gasteiger charge is -2.21. The van der Waals surface area contributed by atoms with Gasteiger partial charge in [0.25, 0.3) is 0 Å². The molecule has 0 spiro atoms. The minimum atomic E-state index is -4.96. The van der Waals surface area contributed by atoms with Gasteiger partial charge in [-0.25, -0.2) is 9.13 Å². The maximum atomic E-state index is 13.1. The molecule has 3 N–H and O–H groups in total. The normalized spacial score (nSPS) is 14.4. The van der Waals surface area contributed by atoms with Crippen molar-refractivity contribution in [2.45, 2.75) is 452 Å². The van der Waals surface area contributed by atoms with Crippen LogP contribution in [0.4, 0.5) is 0 Å². The van der Waals surface area contributed by atoms with E-state index >= 15 is 0 Å². The predicted molar refractivity (Wildman–Crippen MR) is 414 cm³/mol. The highest BCUT2D eigenvalue weighted by atomic mass is 31.2. The Bertz CT molecular complexity index is 1950. The number of esters is 4. The van der Waals surface area contributed by atoms with Crippen LogP contribution in [0.5, 0.6) is 0 Å². The third-order valence-electron chi connectivity index (χ3n) is 19.9. The van der Waals surface area contributed by atoms with Gasteiger partial charge in [-0.15, -0.1) is 0 Å². The van der Waals surface area contributed by atoms with Crippen LogP contribution in [0.2, 0.25) is 0 Å². The maximum Gasteiger partial charge on any atom is 0.472 e. The van der Waals surface area contributed by atoms with E-state index in [9.17, 15) is 43.2 Å². The number of aliphatic hydroxyl groups is 1. The molecule has 0 aromatic rings. The number of hydrogen-bond donors (Lipinski definition) is 3. The molecule has 0 bridgehead atoms. The summed E-state index contributed by atoms with van der Waals surface area (Å²) in [5, 5.41) is 10.6. The van der Waals surface area contributed by atoms with Crippen LogP contribution in [-0.4, -0.2) is 96.7 Å². The Hall–Kier alpha value is -1.94. The quantitative estimate of drug-likeness (QED) is 0.0222. The van der Waals surface area contributed by atoms with Crippen LogP contribution in [0, 0.1) is 11.8 Å². The summed E-state index contributed by atoms with van der Waals surface area (Å²) >= 11 is 0. The zero-order chi connectivity index (χ0) is 74.2. The van der Waals surface area contributed by atoms with Crippen molar-refractivity contribution in [2.75, 3.05) is 39.6 Å². The molecule has 0 fully saturated rings. The number of phosphoric ester groups is 2. The van der Waals surface area contributed by atoms with Crippen LogP contribution < -0.4 is 0 Å². The Morgan fingerprint density at radius 1 is 0.277 bits per heavy atom. The zero-order valence-electron chi connectivity index (χ0n) is 66.2. The van der Waals surface area contributed by atoms with Gasteiger partial charge < -0.3 is 33.8 Å². The molecule has 0 amide bonds. The first-order valence-electron chi connectivity index (χ1n) is 42.6. The van der Waals surface area contributed by atoms with Crippen LogP contribution >= 0.6 is 15.6 Å². The SMILES string of the molecule is CCCCCCCCCCCCCCCCCCCCCCC(=O)O[C@H](COC(=O)CCCCCCCCCCCCCCCCCCC)COP(=O)(O)OC[C@@H](O)COP(=O)(O)OC[C@@H](COC(=O)CCCCCCCCC(C)CC)OC(=O)CCCCCCCCCCCCC(C)CC. The molecule has 0 radical (unpaired) electrons. The topological polar surface area (TPSA) is 237 Å². The Morgan fingerprint density at radius 3 is 0.703 bits per heavy atom. The molecule has 0 aliphatic rings. The van der Waals surface area contributed by atoms with E-state index < -0.39 is 97.5 Å². The van der Waals surface area contributed by atoms with E-state index in [0.29, 0.717) is 25.7 Å². The fourth-order valence-electron chi connectivity index (χ4n) is 12.6. The predicted octanol–water partition coefficient (Wildman–Crippen LogP) is 24.7. The van der Waals surface area contributed by atoms with Crippen LogP contribution in [0.1, 0.15) is 433 Å². The maximum absolute atomic E-state index is 13.1. The molecular weight excluding hydrogens is 1320 g/mol. The number of carbonyl (C=O) groups excluding carboxylic acids is 4. The summed E-state index contributed by atoms with van der Waals surface area (Å²) in [7, 11) is -9.92. The molecule has 600 valence electrons. The summed E-state index contributed by atoms with van der Waals surface area (Å²) in [4.78, 5) is 73.1. The standard InChI is InChI=1S/C82H160O17P2/c1-7-11-13-15-17-19-21-23-25-27-28-29-31-33-35-37-42-46-54-60-66-81(86)98-77(70-92-79(84)64-58-52-45-41-36-34-32-30-26-24-22-20-18-16-14-12-8-2)72-96-100(88,89)94-68-76(83)69-95-101(90,91)97-73-78(71-93-80(85)65-59-53-49-48-51-57-63-75(6)10-4)99-82(87)67-61-55-47-43-39-38-40-44-50-56-62-74(5)9-3/h74-78,83H,7-73H2,1-6H3,(H,88,89)(H,90,91)/t74?,75?,76-,77-,78-/m1/s1. The first-order valence-corrected chi connectivity index (χ1v) is 45.6. The molecule has 17 nitrogen and oxygen atoms in total. The molecule has 19 heteroatoms. The van der Waals surface area contributed by atoms with Gasteiger partial charge in [0.05, 0.1) is 26.4 Å². The molecule has 0 aromatic heterocycles. The van der Waals surface area contributed by atoms with E-state index in [1.807, 2.05) is 0 Å². The average molecular weight is 1480 g/mol. The Balaban J connectivity index is 5.24. The van der Waals surface area contributed by atoms with Crippen molar-refractivity contribution in [2.24, 2.45) is 11.8 Å². The Morgan fingerprint density at radius 2 is 0.475 bits per heavy atom. The molecular formula is C82H160O17P2. The van der Waals surface area contributed by atoms with Gasteiger partial charge in [-0.3, -0.25) is 37.3 Å². The van der Waals surface area contributed by atoms with Crippen LogP contribution in [0.25, 0.3) is 0 Å². The number of ether oxygens (including phenoxy) is 4. The van der Waals surface area contributed by atoms with E-state index in [2.05, 4.69) is 41.5 Å². The van der Waals surface area contributed by atoms with Crippen LogP contribution in [-0.2, 0) is 65.4 Å².